The summed E-state index contributed by atoms with van der Waals surface area (Å²) in [6, 6.07) is 4.91. The average Bonchev–Trinajstić information content (AvgIpc) is 3.20. The number of unbranched alkanes of at least 4 members (excludes halogenated alkanes) is 4. The molecule has 2 aliphatic rings. The first-order valence-electron chi connectivity index (χ1n) is 10.6. The highest BCUT2D eigenvalue weighted by Gasteiger charge is 2.85. The molecule has 9 heteroatoms. The molecule has 0 heterocycles. The number of rotatable bonds is 11. The van der Waals surface area contributed by atoms with Crippen molar-refractivity contribution in [2.24, 2.45) is 17.6 Å². The molecular formula is C22H28Cl2FNO5. The predicted molar refractivity (Wildman–Crippen MR) is 115 cm³/mol. The minimum atomic E-state index is -2.38. The fourth-order valence-electron chi connectivity index (χ4n) is 4.60. The van der Waals surface area contributed by atoms with Gasteiger partial charge in [-0.1, -0.05) is 61.9 Å². The van der Waals surface area contributed by atoms with Crippen LogP contribution in [0.25, 0.3) is 0 Å². The third-order valence-corrected chi connectivity index (χ3v) is 7.14. The Morgan fingerprint density at radius 2 is 1.94 bits per heavy atom. The number of carbonyl (C=O) groups is 2. The Morgan fingerprint density at radius 1 is 1.23 bits per heavy atom. The Kier molecular flexibility index (Phi) is 7.51. The molecule has 172 valence electrons. The van der Waals surface area contributed by atoms with Crippen LogP contribution in [0.3, 0.4) is 0 Å². The molecule has 0 aliphatic heterocycles. The third-order valence-electron chi connectivity index (χ3n) is 6.40. The van der Waals surface area contributed by atoms with E-state index >= 15 is 4.39 Å². The molecule has 2 saturated carbocycles. The number of carboxylic acids is 1. The molecular weight excluding hydrogens is 448 g/mol. The number of alkyl halides is 1. The van der Waals surface area contributed by atoms with Gasteiger partial charge in [-0.05, 0) is 30.5 Å². The minimum Gasteiger partial charge on any atom is -0.480 e. The zero-order valence-corrected chi connectivity index (χ0v) is 18.9. The van der Waals surface area contributed by atoms with Crippen LogP contribution in [0.1, 0.15) is 51.0 Å². The lowest BCUT2D eigenvalue weighted by atomic mass is 9.88. The maximum atomic E-state index is 15.4. The summed E-state index contributed by atoms with van der Waals surface area (Å²) in [7, 11) is 0. The smallest absolute Gasteiger partial charge is 0.344 e. The SMILES string of the molecule is CCCCCCCOC(=O)[C@@]1(F)[C@@H]2C[C@@H](OCc3ccc(Cl)c(Cl)c3)[C@@](N)(C(=O)O)[C@@H]21. The van der Waals surface area contributed by atoms with Crippen molar-refractivity contribution in [2.75, 3.05) is 6.61 Å². The molecule has 5 atom stereocenters. The molecule has 0 spiro atoms. The van der Waals surface area contributed by atoms with Crippen LogP contribution >= 0.6 is 23.2 Å². The van der Waals surface area contributed by atoms with Gasteiger partial charge in [-0.15, -0.1) is 0 Å². The Hall–Kier alpha value is -1.41. The number of carbonyl (C=O) groups excluding carboxylic acids is 1. The lowest BCUT2D eigenvalue weighted by Crippen LogP contribution is -2.60. The second-order valence-electron chi connectivity index (χ2n) is 8.42. The summed E-state index contributed by atoms with van der Waals surface area (Å²) in [5.41, 5.74) is 2.44. The van der Waals surface area contributed by atoms with Crippen molar-refractivity contribution in [3.05, 3.63) is 33.8 Å². The fraction of sp³-hybridized carbons (Fsp3) is 0.636. The molecule has 0 saturated heterocycles. The van der Waals surface area contributed by atoms with E-state index in [0.717, 1.165) is 25.7 Å². The van der Waals surface area contributed by atoms with Crippen LogP contribution in [0.4, 0.5) is 4.39 Å². The summed E-state index contributed by atoms with van der Waals surface area (Å²) in [4.78, 5) is 24.4. The molecule has 0 aromatic heterocycles. The van der Waals surface area contributed by atoms with Gasteiger partial charge < -0.3 is 20.3 Å². The summed E-state index contributed by atoms with van der Waals surface area (Å²) in [6.07, 6.45) is 3.86. The molecule has 1 aromatic rings. The first kappa shape index (κ1) is 24.2. The van der Waals surface area contributed by atoms with Crippen LogP contribution in [-0.2, 0) is 25.7 Å². The first-order chi connectivity index (χ1) is 14.7. The number of hydrogen-bond acceptors (Lipinski definition) is 5. The van der Waals surface area contributed by atoms with Gasteiger partial charge in [-0.3, -0.25) is 4.79 Å². The number of esters is 1. The van der Waals surface area contributed by atoms with Gasteiger partial charge in [0, 0.05) is 11.8 Å². The van der Waals surface area contributed by atoms with E-state index in [1.165, 1.54) is 0 Å². The van der Waals surface area contributed by atoms with Crippen LogP contribution < -0.4 is 5.73 Å². The Labute approximate surface area is 191 Å². The molecule has 3 rings (SSSR count). The second-order valence-corrected chi connectivity index (χ2v) is 9.24. The highest BCUT2D eigenvalue weighted by atomic mass is 35.5. The van der Waals surface area contributed by atoms with Crippen LogP contribution in [0.5, 0.6) is 0 Å². The van der Waals surface area contributed by atoms with Crippen molar-refractivity contribution in [1.29, 1.82) is 0 Å². The molecule has 2 aliphatic carbocycles. The van der Waals surface area contributed by atoms with Crippen LogP contribution in [0, 0.1) is 11.8 Å². The highest BCUT2D eigenvalue weighted by Crippen LogP contribution is 2.67. The average molecular weight is 476 g/mol. The number of aliphatic carboxylic acids is 1. The van der Waals surface area contributed by atoms with Crippen molar-refractivity contribution >= 4 is 35.1 Å². The molecule has 2 fully saturated rings. The van der Waals surface area contributed by atoms with E-state index < -0.39 is 41.1 Å². The van der Waals surface area contributed by atoms with Gasteiger partial charge in [-0.2, -0.15) is 0 Å². The lowest BCUT2D eigenvalue weighted by molar-refractivity contribution is -0.159. The minimum absolute atomic E-state index is 0.0247. The molecule has 0 amide bonds. The van der Waals surface area contributed by atoms with Crippen LogP contribution in [0.2, 0.25) is 10.0 Å². The van der Waals surface area contributed by atoms with Gasteiger partial charge >= 0.3 is 11.9 Å². The fourth-order valence-corrected chi connectivity index (χ4v) is 4.92. The first-order valence-corrected chi connectivity index (χ1v) is 11.4. The highest BCUT2D eigenvalue weighted by molar-refractivity contribution is 6.42. The summed E-state index contributed by atoms with van der Waals surface area (Å²) >= 11 is 11.9. The summed E-state index contributed by atoms with van der Waals surface area (Å²) < 4.78 is 26.3. The number of hydrogen-bond donors (Lipinski definition) is 2. The quantitative estimate of drug-likeness (QED) is 0.360. The van der Waals surface area contributed by atoms with E-state index in [2.05, 4.69) is 6.92 Å². The monoisotopic (exact) mass is 475 g/mol. The van der Waals surface area contributed by atoms with E-state index in [4.69, 9.17) is 38.4 Å². The molecule has 1 aromatic carbocycles. The zero-order valence-electron chi connectivity index (χ0n) is 17.4. The van der Waals surface area contributed by atoms with Gasteiger partial charge in [0.2, 0.25) is 5.67 Å². The molecule has 0 bridgehead atoms. The van der Waals surface area contributed by atoms with E-state index in [1.54, 1.807) is 18.2 Å². The van der Waals surface area contributed by atoms with Gasteiger partial charge in [0.15, 0.2) is 0 Å². The number of halogens is 3. The third kappa shape index (κ3) is 4.56. The zero-order chi connectivity index (χ0) is 22.8. The predicted octanol–water partition coefficient (Wildman–Crippen LogP) is 4.53. The number of carboxylic acid groups (broad SMARTS) is 1. The summed E-state index contributed by atoms with van der Waals surface area (Å²) in [6.45, 7) is 2.26. The van der Waals surface area contributed by atoms with Crippen molar-refractivity contribution < 1.29 is 28.6 Å². The molecule has 3 N–H and O–H groups in total. The van der Waals surface area contributed by atoms with E-state index in [9.17, 15) is 14.7 Å². The number of benzene rings is 1. The Balaban J connectivity index is 1.59. The van der Waals surface area contributed by atoms with E-state index in [-0.39, 0.29) is 19.6 Å². The number of fused-ring (bicyclic) bond motifs is 1. The van der Waals surface area contributed by atoms with Crippen LogP contribution in [0.15, 0.2) is 18.2 Å². The van der Waals surface area contributed by atoms with Crippen molar-refractivity contribution in [3.8, 4) is 0 Å². The molecule has 0 radical (unpaired) electrons. The molecule has 31 heavy (non-hydrogen) atoms. The second kappa shape index (κ2) is 9.61. The van der Waals surface area contributed by atoms with Gasteiger partial charge in [0.1, 0.15) is 5.54 Å². The van der Waals surface area contributed by atoms with Gasteiger partial charge in [-0.25, -0.2) is 9.18 Å². The number of nitrogens with two attached hydrogens (primary N) is 1. The topological polar surface area (TPSA) is 98.9 Å². The molecule has 6 nitrogen and oxygen atoms in total. The van der Waals surface area contributed by atoms with Crippen LogP contribution in [-0.4, -0.2) is 41.0 Å². The van der Waals surface area contributed by atoms with E-state index in [1.807, 2.05) is 0 Å². The van der Waals surface area contributed by atoms with Crippen molar-refractivity contribution in [3.63, 3.8) is 0 Å². The van der Waals surface area contributed by atoms with E-state index in [0.29, 0.717) is 22.0 Å². The maximum Gasteiger partial charge on any atom is 0.344 e. The maximum absolute atomic E-state index is 15.4. The molecule has 0 unspecified atom stereocenters. The lowest BCUT2D eigenvalue weighted by Gasteiger charge is -2.32. The Morgan fingerprint density at radius 3 is 2.58 bits per heavy atom. The van der Waals surface area contributed by atoms with Crippen molar-refractivity contribution in [1.82, 2.24) is 0 Å². The normalized spacial score (nSPS) is 31.3. The Bertz CT molecular complexity index is 840. The standard InChI is InChI=1S/C22H28Cl2FNO5/c1-2-3-4-5-6-9-30-20(29)21(25)14-11-17(22(26,18(14)21)19(27)28)31-12-13-7-8-15(23)16(24)10-13/h7-8,10,14,17-18H,2-6,9,11-12,26H2,1H3,(H,27,28)/t14-,17-,18+,21-,22+/m1/s1. The van der Waals surface area contributed by atoms with Gasteiger partial charge in [0.25, 0.3) is 0 Å². The number of ether oxygens (including phenoxy) is 2. The largest absolute Gasteiger partial charge is 0.480 e. The summed E-state index contributed by atoms with van der Waals surface area (Å²) in [5.74, 6) is -4.42. The summed E-state index contributed by atoms with van der Waals surface area (Å²) in [5, 5.41) is 10.5. The van der Waals surface area contributed by atoms with Crippen molar-refractivity contribution in [2.45, 2.75) is 69.4 Å². The van der Waals surface area contributed by atoms with Gasteiger partial charge in [0.05, 0.1) is 29.4 Å².